The number of amides is 2. The molecule has 0 saturated heterocycles. The van der Waals surface area contributed by atoms with Crippen LogP contribution in [-0.4, -0.2) is 30.5 Å². The third-order valence-corrected chi connectivity index (χ3v) is 6.07. The Kier molecular flexibility index (Phi) is 5.76. The molecule has 7 heteroatoms. The van der Waals surface area contributed by atoms with Crippen molar-refractivity contribution in [1.82, 2.24) is 4.98 Å². The van der Waals surface area contributed by atoms with E-state index in [-0.39, 0.29) is 11.8 Å². The van der Waals surface area contributed by atoms with E-state index in [1.807, 2.05) is 23.1 Å². The van der Waals surface area contributed by atoms with Crippen molar-refractivity contribution >= 4 is 34.3 Å². The number of anilines is 2. The molecule has 172 valence electrons. The number of fused-ring (bicyclic) bond motifs is 2. The van der Waals surface area contributed by atoms with Gasteiger partial charge in [0, 0.05) is 24.7 Å². The molecule has 1 aromatic heterocycles. The lowest BCUT2D eigenvalue weighted by Gasteiger charge is -2.23. The Bertz CT molecular complexity index is 1390. The molecule has 1 aliphatic rings. The SMILES string of the molecule is COc1cc(C(=O)N2CCCCc3ccccc32)ccc1C(=O)Nc1cccc2oc(C)nc12. The lowest BCUT2D eigenvalue weighted by molar-refractivity contribution is 0.0982. The number of oxazole rings is 1. The van der Waals surface area contributed by atoms with E-state index in [1.54, 1.807) is 43.3 Å². The number of aromatic nitrogens is 1. The molecule has 2 heterocycles. The minimum Gasteiger partial charge on any atom is -0.496 e. The van der Waals surface area contributed by atoms with E-state index in [2.05, 4.69) is 16.4 Å². The zero-order valence-electron chi connectivity index (χ0n) is 19.1. The van der Waals surface area contributed by atoms with Gasteiger partial charge < -0.3 is 19.4 Å². The van der Waals surface area contributed by atoms with Crippen LogP contribution < -0.4 is 15.0 Å². The van der Waals surface area contributed by atoms with Crippen LogP contribution in [0, 0.1) is 6.92 Å². The molecular formula is C27H25N3O4. The summed E-state index contributed by atoms with van der Waals surface area (Å²) in [6.45, 7) is 2.41. The molecular weight excluding hydrogens is 430 g/mol. The van der Waals surface area contributed by atoms with Crippen LogP contribution in [-0.2, 0) is 6.42 Å². The zero-order valence-corrected chi connectivity index (χ0v) is 19.1. The van der Waals surface area contributed by atoms with Gasteiger partial charge in [0.25, 0.3) is 11.8 Å². The summed E-state index contributed by atoms with van der Waals surface area (Å²) in [5, 5.41) is 2.89. The van der Waals surface area contributed by atoms with E-state index in [4.69, 9.17) is 9.15 Å². The van der Waals surface area contributed by atoms with Crippen LogP contribution in [0.2, 0.25) is 0 Å². The molecule has 1 N–H and O–H groups in total. The number of carbonyl (C=O) groups excluding carboxylic acids is 2. The molecule has 0 bridgehead atoms. The molecule has 4 aromatic rings. The highest BCUT2D eigenvalue weighted by atomic mass is 16.5. The van der Waals surface area contributed by atoms with Crippen molar-refractivity contribution in [3.05, 3.63) is 83.2 Å². The van der Waals surface area contributed by atoms with Crippen molar-refractivity contribution in [1.29, 1.82) is 0 Å². The number of hydrogen-bond donors (Lipinski definition) is 1. The van der Waals surface area contributed by atoms with E-state index in [0.717, 1.165) is 24.9 Å². The van der Waals surface area contributed by atoms with Gasteiger partial charge in [0.15, 0.2) is 11.5 Å². The van der Waals surface area contributed by atoms with Crippen molar-refractivity contribution in [2.24, 2.45) is 0 Å². The summed E-state index contributed by atoms with van der Waals surface area (Å²) in [5.74, 6) is 0.383. The van der Waals surface area contributed by atoms with Gasteiger partial charge in [-0.2, -0.15) is 0 Å². The second-order valence-electron chi connectivity index (χ2n) is 8.30. The molecule has 7 nitrogen and oxygen atoms in total. The number of benzene rings is 3. The first-order chi connectivity index (χ1) is 16.5. The maximum absolute atomic E-state index is 13.5. The standard InChI is InChI=1S/C27H25N3O4/c1-17-28-25-21(10-7-12-23(25)34-17)29-26(31)20-14-13-19(16-24(20)33-2)27(32)30-15-6-5-9-18-8-3-4-11-22(18)30/h3-4,7-8,10-14,16H,5-6,9,15H2,1-2H3,(H,29,31). The number of aryl methyl sites for hydroxylation is 2. The first-order valence-corrected chi connectivity index (χ1v) is 11.3. The highest BCUT2D eigenvalue weighted by Crippen LogP contribution is 2.30. The monoisotopic (exact) mass is 455 g/mol. The van der Waals surface area contributed by atoms with Crippen molar-refractivity contribution < 1.29 is 18.7 Å². The Morgan fingerprint density at radius 1 is 1.06 bits per heavy atom. The third-order valence-electron chi connectivity index (χ3n) is 6.07. The molecule has 0 saturated carbocycles. The Balaban J connectivity index is 1.43. The fourth-order valence-electron chi connectivity index (χ4n) is 4.42. The first-order valence-electron chi connectivity index (χ1n) is 11.3. The summed E-state index contributed by atoms with van der Waals surface area (Å²) in [6.07, 6.45) is 2.94. The van der Waals surface area contributed by atoms with E-state index in [9.17, 15) is 9.59 Å². The van der Waals surface area contributed by atoms with E-state index in [1.165, 1.54) is 12.7 Å². The Morgan fingerprint density at radius 2 is 1.91 bits per heavy atom. The van der Waals surface area contributed by atoms with Crippen molar-refractivity contribution in [2.45, 2.75) is 26.2 Å². The minimum absolute atomic E-state index is 0.109. The molecule has 2 amide bonds. The quantitative estimate of drug-likeness (QED) is 0.447. The summed E-state index contributed by atoms with van der Waals surface area (Å²) < 4.78 is 11.0. The van der Waals surface area contributed by atoms with Crippen molar-refractivity contribution in [3.8, 4) is 5.75 Å². The maximum Gasteiger partial charge on any atom is 0.259 e. The second kappa shape index (κ2) is 9.02. The summed E-state index contributed by atoms with van der Waals surface area (Å²) in [4.78, 5) is 32.7. The third kappa shape index (κ3) is 4.01. The van der Waals surface area contributed by atoms with Gasteiger partial charge in [0.1, 0.15) is 11.3 Å². The predicted octanol–water partition coefficient (Wildman–Crippen LogP) is 5.38. The van der Waals surface area contributed by atoms with E-state index in [0.29, 0.717) is 46.1 Å². The van der Waals surface area contributed by atoms with Gasteiger partial charge in [-0.3, -0.25) is 9.59 Å². The van der Waals surface area contributed by atoms with Gasteiger partial charge in [-0.1, -0.05) is 24.3 Å². The van der Waals surface area contributed by atoms with Gasteiger partial charge in [-0.25, -0.2) is 4.98 Å². The van der Waals surface area contributed by atoms with Crippen LogP contribution in [0.5, 0.6) is 5.75 Å². The molecule has 0 unspecified atom stereocenters. The fourth-order valence-corrected chi connectivity index (χ4v) is 4.42. The molecule has 34 heavy (non-hydrogen) atoms. The van der Waals surface area contributed by atoms with Gasteiger partial charge in [-0.15, -0.1) is 0 Å². The van der Waals surface area contributed by atoms with Crippen LogP contribution in [0.15, 0.2) is 65.1 Å². The lowest BCUT2D eigenvalue weighted by atomic mass is 10.1. The minimum atomic E-state index is -0.357. The lowest BCUT2D eigenvalue weighted by Crippen LogP contribution is -2.31. The average Bonchev–Trinajstić information content (AvgIpc) is 3.11. The van der Waals surface area contributed by atoms with Crippen molar-refractivity contribution in [3.63, 3.8) is 0 Å². The van der Waals surface area contributed by atoms with Crippen LogP contribution in [0.3, 0.4) is 0 Å². The number of para-hydroxylation sites is 2. The summed E-state index contributed by atoms with van der Waals surface area (Å²) in [7, 11) is 1.49. The summed E-state index contributed by atoms with van der Waals surface area (Å²) in [6, 6.07) is 18.3. The Morgan fingerprint density at radius 3 is 2.76 bits per heavy atom. The number of ether oxygens (including phenoxy) is 1. The van der Waals surface area contributed by atoms with E-state index >= 15 is 0 Å². The molecule has 0 spiro atoms. The van der Waals surface area contributed by atoms with Gasteiger partial charge in [0.2, 0.25) is 0 Å². The van der Waals surface area contributed by atoms with Gasteiger partial charge in [-0.05, 0) is 61.2 Å². The number of nitrogens with zero attached hydrogens (tertiary/aromatic N) is 2. The van der Waals surface area contributed by atoms with Crippen molar-refractivity contribution in [2.75, 3.05) is 23.9 Å². The number of hydrogen-bond acceptors (Lipinski definition) is 5. The predicted molar refractivity (Wildman–Crippen MR) is 131 cm³/mol. The summed E-state index contributed by atoms with van der Waals surface area (Å²) >= 11 is 0. The Hall–Kier alpha value is -4.13. The molecule has 0 fully saturated rings. The summed E-state index contributed by atoms with van der Waals surface area (Å²) in [5.41, 5.74) is 4.64. The molecule has 0 radical (unpaired) electrons. The maximum atomic E-state index is 13.5. The highest BCUT2D eigenvalue weighted by molar-refractivity contribution is 6.11. The fraction of sp³-hybridized carbons (Fsp3) is 0.222. The molecule has 0 atom stereocenters. The topological polar surface area (TPSA) is 84.7 Å². The van der Waals surface area contributed by atoms with Gasteiger partial charge >= 0.3 is 0 Å². The molecule has 1 aliphatic heterocycles. The van der Waals surface area contributed by atoms with Crippen LogP contribution >= 0.6 is 0 Å². The highest BCUT2D eigenvalue weighted by Gasteiger charge is 2.24. The largest absolute Gasteiger partial charge is 0.496 e. The first kappa shape index (κ1) is 21.7. The van der Waals surface area contributed by atoms with Crippen LogP contribution in [0.1, 0.15) is 45.0 Å². The van der Waals surface area contributed by atoms with Gasteiger partial charge in [0.05, 0.1) is 18.4 Å². The second-order valence-corrected chi connectivity index (χ2v) is 8.30. The number of rotatable bonds is 4. The molecule has 5 rings (SSSR count). The molecule has 3 aromatic carbocycles. The van der Waals surface area contributed by atoms with E-state index < -0.39 is 0 Å². The normalized spacial score (nSPS) is 13.3. The number of methoxy groups -OCH3 is 1. The zero-order chi connectivity index (χ0) is 23.7. The number of nitrogens with one attached hydrogen (secondary N) is 1. The Labute approximate surface area is 197 Å². The average molecular weight is 456 g/mol. The number of carbonyl (C=O) groups is 2. The smallest absolute Gasteiger partial charge is 0.259 e. The molecule has 0 aliphatic carbocycles. The van der Waals surface area contributed by atoms with Crippen LogP contribution in [0.4, 0.5) is 11.4 Å². The van der Waals surface area contributed by atoms with Crippen LogP contribution in [0.25, 0.3) is 11.1 Å².